The van der Waals surface area contributed by atoms with Crippen LogP contribution in [0.3, 0.4) is 0 Å². The molecule has 0 aliphatic heterocycles. The van der Waals surface area contributed by atoms with Gasteiger partial charge in [0, 0.05) is 13.2 Å². The number of hydrogen-bond acceptors (Lipinski definition) is 3. The second-order valence-electron chi connectivity index (χ2n) is 8.26. The van der Waals surface area contributed by atoms with E-state index in [4.69, 9.17) is 9.84 Å². The Bertz CT molecular complexity index is 1380. The van der Waals surface area contributed by atoms with Crippen LogP contribution < -0.4 is 10.1 Å². The summed E-state index contributed by atoms with van der Waals surface area (Å²) < 4.78 is 8.97. The van der Waals surface area contributed by atoms with E-state index < -0.39 is 0 Å². The summed E-state index contributed by atoms with van der Waals surface area (Å²) in [7, 11) is 3.59. The third kappa shape index (κ3) is 4.59. The highest BCUT2D eigenvalue weighted by molar-refractivity contribution is 5.94. The maximum atomic E-state index is 13.8. The van der Waals surface area contributed by atoms with Gasteiger partial charge in [0.05, 0.1) is 24.5 Å². The van der Waals surface area contributed by atoms with Gasteiger partial charge < -0.3 is 14.6 Å². The molecule has 0 spiro atoms. The van der Waals surface area contributed by atoms with E-state index in [1.807, 2.05) is 121 Å². The van der Waals surface area contributed by atoms with E-state index in [1.165, 1.54) is 0 Å². The number of benzene rings is 3. The molecule has 0 bridgehead atoms. The summed E-state index contributed by atoms with van der Waals surface area (Å²) in [5.74, 6) is 0.522. The molecule has 174 valence electrons. The summed E-state index contributed by atoms with van der Waals surface area (Å²) in [6.07, 6.45) is 1.96. The molecule has 0 fully saturated rings. The van der Waals surface area contributed by atoms with E-state index in [0.717, 1.165) is 34.0 Å². The predicted octanol–water partition coefficient (Wildman–Crippen LogP) is 5.41. The normalized spacial score (nSPS) is 10.9. The van der Waals surface area contributed by atoms with Crippen molar-refractivity contribution in [3.63, 3.8) is 0 Å². The fourth-order valence-electron chi connectivity index (χ4n) is 4.17. The first kappa shape index (κ1) is 22.2. The van der Waals surface area contributed by atoms with Gasteiger partial charge in [-0.2, -0.15) is 5.10 Å². The van der Waals surface area contributed by atoms with Gasteiger partial charge in [-0.15, -0.1) is 0 Å². The number of nitrogens with one attached hydrogen (secondary N) is 1. The van der Waals surface area contributed by atoms with Gasteiger partial charge in [-0.1, -0.05) is 60.7 Å². The Morgan fingerprint density at radius 1 is 0.857 bits per heavy atom. The smallest absolute Gasteiger partial charge is 0.270 e. The summed E-state index contributed by atoms with van der Waals surface area (Å²) in [6, 6.07) is 32.9. The summed E-state index contributed by atoms with van der Waals surface area (Å²) in [5, 5.41) is 8.05. The molecular weight excluding hydrogens is 436 g/mol. The molecule has 6 heteroatoms. The van der Waals surface area contributed by atoms with Gasteiger partial charge in [-0.25, -0.2) is 4.68 Å². The Hall–Kier alpha value is -4.58. The van der Waals surface area contributed by atoms with Gasteiger partial charge in [0.1, 0.15) is 17.1 Å². The number of ether oxygens (including phenoxy) is 1. The van der Waals surface area contributed by atoms with E-state index >= 15 is 0 Å². The first-order chi connectivity index (χ1) is 17.1. The number of nitrogens with zero attached hydrogens (tertiary/aromatic N) is 3. The van der Waals surface area contributed by atoms with E-state index in [1.54, 1.807) is 11.8 Å². The molecular formula is C29H26N4O2. The Balaban J connectivity index is 1.57. The molecule has 3 aromatic carbocycles. The highest BCUT2D eigenvalue weighted by Gasteiger charge is 2.23. The summed E-state index contributed by atoms with van der Waals surface area (Å²) in [5.41, 5.74) is 4.87. The Morgan fingerprint density at radius 3 is 2.03 bits per heavy atom. The van der Waals surface area contributed by atoms with E-state index in [9.17, 15) is 4.79 Å². The van der Waals surface area contributed by atoms with Gasteiger partial charge >= 0.3 is 0 Å². The number of rotatable bonds is 7. The Morgan fingerprint density at radius 2 is 1.49 bits per heavy atom. The lowest BCUT2D eigenvalue weighted by Crippen LogP contribution is -2.31. The highest BCUT2D eigenvalue weighted by atomic mass is 16.5. The zero-order chi connectivity index (χ0) is 24.2. The van der Waals surface area contributed by atoms with Crippen LogP contribution in [0.4, 0.5) is 0 Å². The molecule has 0 saturated carbocycles. The van der Waals surface area contributed by atoms with E-state index in [0.29, 0.717) is 5.69 Å². The van der Waals surface area contributed by atoms with Crippen molar-refractivity contribution in [1.29, 1.82) is 0 Å². The molecule has 0 atom stereocenters. The van der Waals surface area contributed by atoms with Gasteiger partial charge in [-0.3, -0.25) is 4.79 Å². The molecule has 1 N–H and O–H groups in total. The minimum atomic E-state index is -0.303. The van der Waals surface area contributed by atoms with Crippen LogP contribution in [-0.2, 0) is 7.05 Å². The zero-order valence-electron chi connectivity index (χ0n) is 19.6. The number of methoxy groups -OCH3 is 1. The molecule has 5 aromatic rings. The van der Waals surface area contributed by atoms with Crippen molar-refractivity contribution in [3.05, 3.63) is 126 Å². The third-order valence-corrected chi connectivity index (χ3v) is 6.01. The van der Waals surface area contributed by atoms with E-state index in [2.05, 4.69) is 5.32 Å². The molecule has 5 rings (SSSR count). The lowest BCUT2D eigenvalue weighted by Gasteiger charge is -2.20. The Labute approximate surface area is 204 Å². The second-order valence-corrected chi connectivity index (χ2v) is 8.26. The van der Waals surface area contributed by atoms with Gasteiger partial charge in [0.15, 0.2) is 0 Å². The summed E-state index contributed by atoms with van der Waals surface area (Å²) in [4.78, 5) is 13.8. The van der Waals surface area contributed by atoms with E-state index in [-0.39, 0.29) is 11.9 Å². The lowest BCUT2D eigenvalue weighted by atomic mass is 9.98. The van der Waals surface area contributed by atoms with Crippen molar-refractivity contribution in [2.45, 2.75) is 6.04 Å². The van der Waals surface area contributed by atoms with Crippen molar-refractivity contribution in [1.82, 2.24) is 19.7 Å². The van der Waals surface area contributed by atoms with Crippen LogP contribution in [0.25, 0.3) is 17.1 Å². The minimum Gasteiger partial charge on any atom is -0.497 e. The molecule has 2 aromatic heterocycles. The summed E-state index contributed by atoms with van der Waals surface area (Å²) >= 11 is 0. The standard InChI is InChI=1S/C29H26N4O2/c1-32-19-9-14-26(32)25-20-27(33(31-25)23-15-17-24(35-2)18-16-23)29(34)30-28(21-10-5-3-6-11-21)22-12-7-4-8-13-22/h3-20,28H,1-2H3,(H,30,34). The molecule has 35 heavy (non-hydrogen) atoms. The van der Waals surface area contributed by atoms with Crippen LogP contribution in [0.2, 0.25) is 0 Å². The van der Waals surface area contributed by atoms with Crippen LogP contribution in [0.5, 0.6) is 5.75 Å². The first-order valence-corrected chi connectivity index (χ1v) is 11.4. The van der Waals surface area contributed by atoms with Crippen LogP contribution in [0.1, 0.15) is 27.7 Å². The molecule has 0 aliphatic carbocycles. The number of carbonyl (C=O) groups is 1. The maximum absolute atomic E-state index is 13.8. The van der Waals surface area contributed by atoms with Crippen LogP contribution in [0.15, 0.2) is 109 Å². The third-order valence-electron chi connectivity index (χ3n) is 6.01. The first-order valence-electron chi connectivity index (χ1n) is 11.4. The van der Waals surface area contributed by atoms with Crippen LogP contribution >= 0.6 is 0 Å². The molecule has 1 amide bonds. The van der Waals surface area contributed by atoms with Crippen molar-refractivity contribution in [2.75, 3.05) is 7.11 Å². The van der Waals surface area contributed by atoms with Crippen LogP contribution in [-0.4, -0.2) is 27.4 Å². The fraction of sp³-hybridized carbons (Fsp3) is 0.103. The Kier molecular flexibility index (Phi) is 6.18. The SMILES string of the molecule is COc1ccc(-n2nc(-c3cccn3C)cc2C(=O)NC(c2ccccc2)c2ccccc2)cc1. The number of carbonyl (C=O) groups excluding carboxylic acids is 1. The fourth-order valence-corrected chi connectivity index (χ4v) is 4.17. The van der Waals surface area contributed by atoms with Crippen molar-refractivity contribution < 1.29 is 9.53 Å². The quantitative estimate of drug-likeness (QED) is 0.352. The van der Waals surface area contributed by atoms with Crippen molar-refractivity contribution in [3.8, 4) is 22.8 Å². The van der Waals surface area contributed by atoms with Gasteiger partial charge in [0.2, 0.25) is 0 Å². The van der Waals surface area contributed by atoms with Crippen molar-refractivity contribution >= 4 is 5.91 Å². The average Bonchev–Trinajstić information content (AvgIpc) is 3.54. The summed E-state index contributed by atoms with van der Waals surface area (Å²) in [6.45, 7) is 0. The van der Waals surface area contributed by atoms with Gasteiger partial charge in [-0.05, 0) is 53.6 Å². The minimum absolute atomic E-state index is 0.216. The molecule has 0 radical (unpaired) electrons. The highest BCUT2D eigenvalue weighted by Crippen LogP contribution is 2.26. The van der Waals surface area contributed by atoms with Crippen LogP contribution in [0, 0.1) is 0 Å². The zero-order valence-corrected chi connectivity index (χ0v) is 19.6. The number of aryl methyl sites for hydroxylation is 1. The molecule has 0 unspecified atom stereocenters. The number of aromatic nitrogens is 3. The molecule has 0 saturated heterocycles. The maximum Gasteiger partial charge on any atom is 0.270 e. The molecule has 2 heterocycles. The largest absolute Gasteiger partial charge is 0.497 e. The average molecular weight is 463 g/mol. The van der Waals surface area contributed by atoms with Gasteiger partial charge in [0.25, 0.3) is 5.91 Å². The number of amides is 1. The molecule has 6 nitrogen and oxygen atoms in total. The van der Waals surface area contributed by atoms with Crippen molar-refractivity contribution in [2.24, 2.45) is 7.05 Å². The lowest BCUT2D eigenvalue weighted by molar-refractivity contribution is 0.0935. The number of hydrogen-bond donors (Lipinski definition) is 1. The monoisotopic (exact) mass is 462 g/mol. The second kappa shape index (κ2) is 9.73. The predicted molar refractivity (Wildman–Crippen MR) is 137 cm³/mol. The topological polar surface area (TPSA) is 61.1 Å². The molecule has 0 aliphatic rings.